The molecule has 3 rings (SSSR count). The van der Waals surface area contributed by atoms with Gasteiger partial charge in [-0.2, -0.15) is 11.8 Å². The summed E-state index contributed by atoms with van der Waals surface area (Å²) in [5.41, 5.74) is 1.11. The number of thiazole rings is 1. The topological polar surface area (TPSA) is 33.2 Å². The summed E-state index contributed by atoms with van der Waals surface area (Å²) in [6.07, 6.45) is 4.81. The van der Waals surface area contributed by atoms with Crippen LogP contribution in [-0.2, 0) is 4.79 Å². The number of likely N-dealkylation sites (tertiary alicyclic amines) is 1. The molecule has 1 aromatic carbocycles. The number of benzene rings is 1. The molecule has 0 bridgehead atoms. The molecule has 1 saturated heterocycles. The molecule has 1 fully saturated rings. The highest BCUT2D eigenvalue weighted by molar-refractivity contribution is 7.98. The molecule has 21 heavy (non-hydrogen) atoms. The van der Waals surface area contributed by atoms with Crippen molar-refractivity contribution in [1.29, 1.82) is 0 Å². The van der Waals surface area contributed by atoms with Crippen molar-refractivity contribution in [3.63, 3.8) is 0 Å². The summed E-state index contributed by atoms with van der Waals surface area (Å²) in [5, 5.41) is 1.24. The molecule has 2 heterocycles. The Balaban J connectivity index is 1.61. The number of rotatable bonds is 4. The van der Waals surface area contributed by atoms with E-state index < -0.39 is 0 Å². The second-order valence-corrected chi connectivity index (χ2v) is 7.47. The Hall–Kier alpha value is -1.07. The summed E-state index contributed by atoms with van der Waals surface area (Å²) in [5.74, 6) is 1.76. The number of thioether (sulfide) groups is 1. The monoisotopic (exact) mass is 320 g/mol. The van der Waals surface area contributed by atoms with E-state index in [1.807, 2.05) is 28.6 Å². The van der Waals surface area contributed by atoms with Crippen molar-refractivity contribution in [3.8, 4) is 0 Å². The molecule has 0 radical (unpaired) electrons. The summed E-state index contributed by atoms with van der Waals surface area (Å²) in [6.45, 7) is 1.77. The normalized spacial score (nSPS) is 16.5. The number of aromatic nitrogens is 1. The number of carbonyl (C=O) groups is 1. The third-order valence-electron chi connectivity index (χ3n) is 4.03. The summed E-state index contributed by atoms with van der Waals surface area (Å²) in [7, 11) is 0. The molecule has 1 aromatic heterocycles. The van der Waals surface area contributed by atoms with Crippen molar-refractivity contribution in [2.75, 3.05) is 25.1 Å². The number of piperidine rings is 1. The van der Waals surface area contributed by atoms with Crippen molar-refractivity contribution in [2.24, 2.45) is 0 Å². The molecule has 112 valence electrons. The van der Waals surface area contributed by atoms with Crippen LogP contribution in [0.2, 0.25) is 0 Å². The SMILES string of the molecule is CSCCC(=O)N1CCC(c2nc3ccccc3s2)CC1. The second-order valence-electron chi connectivity index (χ2n) is 5.42. The lowest BCUT2D eigenvalue weighted by Gasteiger charge is -2.31. The quantitative estimate of drug-likeness (QED) is 0.860. The average molecular weight is 320 g/mol. The van der Waals surface area contributed by atoms with Gasteiger partial charge in [0.15, 0.2) is 0 Å². The standard InChI is InChI=1S/C16H20N2OS2/c1-20-11-8-15(19)18-9-6-12(7-10-18)16-17-13-4-2-3-5-14(13)21-16/h2-5,12H,6-11H2,1H3. The van der Waals surface area contributed by atoms with Crippen LogP contribution in [0.1, 0.15) is 30.2 Å². The molecule has 0 unspecified atom stereocenters. The summed E-state index contributed by atoms with van der Waals surface area (Å²) in [4.78, 5) is 18.8. The van der Waals surface area contributed by atoms with Crippen LogP contribution in [0.25, 0.3) is 10.2 Å². The number of hydrogen-bond donors (Lipinski definition) is 0. The molecule has 0 aliphatic carbocycles. The zero-order valence-corrected chi connectivity index (χ0v) is 13.9. The van der Waals surface area contributed by atoms with Crippen LogP contribution < -0.4 is 0 Å². The lowest BCUT2D eigenvalue weighted by atomic mass is 9.97. The van der Waals surface area contributed by atoms with Crippen LogP contribution in [0.5, 0.6) is 0 Å². The Morgan fingerprint density at radius 1 is 1.38 bits per heavy atom. The molecule has 5 heteroatoms. The fourth-order valence-corrected chi connectivity index (χ4v) is 4.30. The van der Waals surface area contributed by atoms with Gasteiger partial charge in [-0.3, -0.25) is 4.79 Å². The fourth-order valence-electron chi connectivity index (χ4n) is 2.79. The summed E-state index contributed by atoms with van der Waals surface area (Å²) < 4.78 is 1.27. The van der Waals surface area contributed by atoms with Crippen molar-refractivity contribution in [3.05, 3.63) is 29.3 Å². The third-order valence-corrected chi connectivity index (χ3v) is 5.84. The average Bonchev–Trinajstić information content (AvgIpc) is 2.96. The lowest BCUT2D eigenvalue weighted by molar-refractivity contribution is -0.131. The fraction of sp³-hybridized carbons (Fsp3) is 0.500. The molecule has 0 N–H and O–H groups in total. The van der Waals surface area contributed by atoms with E-state index in [1.165, 1.54) is 9.71 Å². The summed E-state index contributed by atoms with van der Waals surface area (Å²) in [6, 6.07) is 8.32. The van der Waals surface area contributed by atoms with E-state index in [1.54, 1.807) is 11.8 Å². The van der Waals surface area contributed by atoms with Gasteiger partial charge in [-0.1, -0.05) is 12.1 Å². The predicted molar refractivity (Wildman–Crippen MR) is 91.2 cm³/mol. The Labute approximate surface area is 133 Å². The number of hydrogen-bond acceptors (Lipinski definition) is 4. The van der Waals surface area contributed by atoms with Gasteiger partial charge < -0.3 is 4.90 Å². The van der Waals surface area contributed by atoms with Crippen LogP contribution in [0.3, 0.4) is 0 Å². The van der Waals surface area contributed by atoms with Crippen LogP contribution in [0, 0.1) is 0 Å². The number of carbonyl (C=O) groups excluding carboxylic acids is 1. The van der Waals surface area contributed by atoms with Crippen molar-refractivity contribution in [2.45, 2.75) is 25.2 Å². The first-order chi connectivity index (χ1) is 10.3. The van der Waals surface area contributed by atoms with Gasteiger partial charge in [-0.25, -0.2) is 4.98 Å². The Morgan fingerprint density at radius 2 is 2.14 bits per heavy atom. The van der Waals surface area contributed by atoms with Crippen LogP contribution in [0.4, 0.5) is 0 Å². The van der Waals surface area contributed by atoms with Gasteiger partial charge in [-0.15, -0.1) is 11.3 Å². The molecular formula is C16H20N2OS2. The smallest absolute Gasteiger partial charge is 0.223 e. The molecule has 0 saturated carbocycles. The van der Waals surface area contributed by atoms with Crippen molar-refractivity contribution >= 4 is 39.2 Å². The van der Waals surface area contributed by atoms with E-state index in [-0.39, 0.29) is 0 Å². The Kier molecular flexibility index (Phi) is 4.80. The van der Waals surface area contributed by atoms with Gasteiger partial charge in [-0.05, 0) is 31.2 Å². The van der Waals surface area contributed by atoms with E-state index in [4.69, 9.17) is 4.98 Å². The minimum absolute atomic E-state index is 0.312. The number of amides is 1. The van der Waals surface area contributed by atoms with Crippen molar-refractivity contribution < 1.29 is 4.79 Å². The zero-order valence-electron chi connectivity index (χ0n) is 12.2. The minimum atomic E-state index is 0.312. The van der Waals surface area contributed by atoms with Gasteiger partial charge in [0, 0.05) is 31.2 Å². The zero-order chi connectivity index (χ0) is 14.7. The first-order valence-corrected chi connectivity index (χ1v) is 9.61. The van der Waals surface area contributed by atoms with E-state index >= 15 is 0 Å². The van der Waals surface area contributed by atoms with E-state index in [9.17, 15) is 4.79 Å². The summed E-state index contributed by atoms with van der Waals surface area (Å²) >= 11 is 3.55. The highest BCUT2D eigenvalue weighted by Gasteiger charge is 2.25. The molecule has 1 aliphatic heterocycles. The first-order valence-electron chi connectivity index (χ1n) is 7.40. The van der Waals surface area contributed by atoms with Crippen LogP contribution >= 0.6 is 23.1 Å². The second kappa shape index (κ2) is 6.79. The third kappa shape index (κ3) is 3.40. The van der Waals surface area contributed by atoms with E-state index in [0.717, 1.165) is 37.2 Å². The van der Waals surface area contributed by atoms with E-state index in [0.29, 0.717) is 18.2 Å². The number of fused-ring (bicyclic) bond motifs is 1. The van der Waals surface area contributed by atoms with Crippen LogP contribution in [0.15, 0.2) is 24.3 Å². The number of nitrogens with zero attached hydrogens (tertiary/aromatic N) is 2. The van der Waals surface area contributed by atoms with Gasteiger partial charge in [0.05, 0.1) is 15.2 Å². The van der Waals surface area contributed by atoms with E-state index in [2.05, 4.69) is 18.2 Å². The molecule has 0 spiro atoms. The van der Waals surface area contributed by atoms with Gasteiger partial charge in [0.1, 0.15) is 0 Å². The molecule has 1 aliphatic rings. The maximum Gasteiger partial charge on any atom is 0.223 e. The number of para-hydroxylation sites is 1. The molecular weight excluding hydrogens is 300 g/mol. The molecule has 3 nitrogen and oxygen atoms in total. The lowest BCUT2D eigenvalue weighted by Crippen LogP contribution is -2.38. The molecule has 0 atom stereocenters. The van der Waals surface area contributed by atoms with Gasteiger partial charge in [0.2, 0.25) is 5.91 Å². The minimum Gasteiger partial charge on any atom is -0.343 e. The highest BCUT2D eigenvalue weighted by atomic mass is 32.2. The van der Waals surface area contributed by atoms with Crippen LogP contribution in [-0.4, -0.2) is 40.9 Å². The Bertz CT molecular complexity index is 585. The van der Waals surface area contributed by atoms with Crippen molar-refractivity contribution in [1.82, 2.24) is 9.88 Å². The largest absolute Gasteiger partial charge is 0.343 e. The Morgan fingerprint density at radius 3 is 2.86 bits per heavy atom. The first kappa shape index (κ1) is 14.9. The maximum absolute atomic E-state index is 12.0. The highest BCUT2D eigenvalue weighted by Crippen LogP contribution is 2.33. The maximum atomic E-state index is 12.0. The van der Waals surface area contributed by atoms with Gasteiger partial charge >= 0.3 is 0 Å². The molecule has 1 amide bonds. The van der Waals surface area contributed by atoms with Gasteiger partial charge in [0.25, 0.3) is 0 Å². The predicted octanol–water partition coefficient (Wildman–Crippen LogP) is 3.76. The molecule has 2 aromatic rings.